The molecule has 1 aromatic rings. The first-order valence-corrected chi connectivity index (χ1v) is 7.30. The Hall–Kier alpha value is -1.66. The number of unbranched alkanes of at least 4 members (excludes halogenated alkanes) is 1. The molecular weight excluding hydrogens is 256 g/mol. The normalized spacial score (nSPS) is 9.32. The van der Waals surface area contributed by atoms with E-state index >= 15 is 0 Å². The summed E-state index contributed by atoms with van der Waals surface area (Å²) >= 11 is 1.85. The summed E-state index contributed by atoms with van der Waals surface area (Å²) in [4.78, 5) is 11.5. The fourth-order valence-corrected chi connectivity index (χ4v) is 2.15. The fourth-order valence-electron chi connectivity index (χ4n) is 1.47. The lowest BCUT2D eigenvalue weighted by atomic mass is 10.1. The molecule has 0 N–H and O–H groups in total. The third-order valence-corrected chi connectivity index (χ3v) is 3.43. The van der Waals surface area contributed by atoms with Crippen LogP contribution in [-0.2, 0) is 4.74 Å². The van der Waals surface area contributed by atoms with Crippen LogP contribution in [0.5, 0.6) is 0 Å². The minimum Gasteiger partial charge on any atom is -0.465 e. The zero-order valence-corrected chi connectivity index (χ0v) is 12.0. The summed E-state index contributed by atoms with van der Waals surface area (Å²) in [5.41, 5.74) is 1.26. The lowest BCUT2D eigenvalue weighted by Crippen LogP contribution is -2.03. The van der Waals surface area contributed by atoms with Crippen molar-refractivity contribution in [2.45, 2.75) is 12.8 Å². The highest BCUT2D eigenvalue weighted by molar-refractivity contribution is 7.99. The van der Waals surface area contributed by atoms with Crippen LogP contribution in [0, 0.1) is 11.8 Å². The molecule has 0 heterocycles. The van der Waals surface area contributed by atoms with E-state index in [4.69, 9.17) is 4.74 Å². The topological polar surface area (TPSA) is 26.3 Å². The molecule has 0 spiro atoms. The van der Waals surface area contributed by atoms with Gasteiger partial charge in [0.25, 0.3) is 0 Å². The van der Waals surface area contributed by atoms with Crippen LogP contribution in [0.1, 0.15) is 28.8 Å². The number of carbonyl (C=O) groups is 1. The molecule has 2 nitrogen and oxygen atoms in total. The molecule has 19 heavy (non-hydrogen) atoms. The quantitative estimate of drug-likeness (QED) is 0.343. The molecule has 100 valence electrons. The number of carbonyl (C=O) groups excluding carboxylic acids is 1. The Morgan fingerprint density at radius 3 is 3.00 bits per heavy atom. The molecule has 0 aliphatic heterocycles. The summed E-state index contributed by atoms with van der Waals surface area (Å²) in [7, 11) is 1.38. The van der Waals surface area contributed by atoms with E-state index in [1.165, 1.54) is 7.11 Å². The van der Waals surface area contributed by atoms with Gasteiger partial charge in [-0.05, 0) is 24.3 Å². The summed E-state index contributed by atoms with van der Waals surface area (Å²) in [5, 5.41) is 0. The molecule has 0 radical (unpaired) electrons. The van der Waals surface area contributed by atoms with Crippen molar-refractivity contribution in [1.29, 1.82) is 0 Å². The maximum atomic E-state index is 11.5. The number of rotatable bonds is 6. The Morgan fingerprint density at radius 1 is 1.47 bits per heavy atom. The van der Waals surface area contributed by atoms with Crippen molar-refractivity contribution in [3.05, 3.63) is 48.0 Å². The summed E-state index contributed by atoms with van der Waals surface area (Å²) in [6.45, 7) is 3.68. The van der Waals surface area contributed by atoms with Crippen LogP contribution in [0.3, 0.4) is 0 Å². The summed E-state index contributed by atoms with van der Waals surface area (Å²) in [5.74, 6) is 7.87. The predicted octanol–water partition coefficient (Wildman–Crippen LogP) is 3.52. The van der Waals surface area contributed by atoms with Crippen molar-refractivity contribution in [3.63, 3.8) is 0 Å². The number of esters is 1. The van der Waals surface area contributed by atoms with Gasteiger partial charge in [-0.25, -0.2) is 4.79 Å². The van der Waals surface area contributed by atoms with Gasteiger partial charge in [0.15, 0.2) is 0 Å². The average molecular weight is 274 g/mol. The number of hydrogen-bond donors (Lipinski definition) is 0. The number of benzene rings is 1. The van der Waals surface area contributed by atoms with E-state index in [1.807, 2.05) is 36.0 Å². The van der Waals surface area contributed by atoms with E-state index in [0.717, 1.165) is 29.9 Å². The Morgan fingerprint density at radius 2 is 2.26 bits per heavy atom. The first-order chi connectivity index (χ1) is 9.29. The highest BCUT2D eigenvalue weighted by Crippen LogP contribution is 2.09. The molecule has 0 fully saturated rings. The second kappa shape index (κ2) is 9.29. The standard InChI is InChI=1S/C16H18O2S/c1-3-12-19-13-8-4-5-9-14-10-6-7-11-15(14)16(17)18-2/h3,6-7,10-11H,1,4,8,12-13H2,2H3. The SMILES string of the molecule is C=CCSCCCC#Cc1ccccc1C(=O)OC. The van der Waals surface area contributed by atoms with E-state index < -0.39 is 0 Å². The van der Waals surface area contributed by atoms with Crippen molar-refractivity contribution < 1.29 is 9.53 Å². The Balaban J connectivity index is 2.53. The second-order valence-corrected chi connectivity index (χ2v) is 4.96. The van der Waals surface area contributed by atoms with Gasteiger partial charge >= 0.3 is 5.97 Å². The van der Waals surface area contributed by atoms with E-state index in [0.29, 0.717) is 5.56 Å². The van der Waals surface area contributed by atoms with Gasteiger partial charge in [0.1, 0.15) is 0 Å². The number of hydrogen-bond acceptors (Lipinski definition) is 3. The molecule has 0 aromatic heterocycles. The number of ether oxygens (including phenoxy) is 1. The van der Waals surface area contributed by atoms with Gasteiger partial charge < -0.3 is 4.74 Å². The Kier molecular flexibility index (Phi) is 7.53. The van der Waals surface area contributed by atoms with Crippen LogP contribution < -0.4 is 0 Å². The minimum absolute atomic E-state index is 0.341. The zero-order chi connectivity index (χ0) is 13.9. The molecule has 0 aliphatic rings. The summed E-state index contributed by atoms with van der Waals surface area (Å²) in [6, 6.07) is 7.25. The summed E-state index contributed by atoms with van der Waals surface area (Å²) < 4.78 is 4.73. The largest absolute Gasteiger partial charge is 0.465 e. The number of thioether (sulfide) groups is 1. The van der Waals surface area contributed by atoms with Gasteiger partial charge in [-0.15, -0.1) is 6.58 Å². The highest BCUT2D eigenvalue weighted by Gasteiger charge is 2.08. The molecule has 0 amide bonds. The van der Waals surface area contributed by atoms with Crippen molar-refractivity contribution in [1.82, 2.24) is 0 Å². The van der Waals surface area contributed by atoms with Crippen LogP contribution in [0.4, 0.5) is 0 Å². The molecule has 0 saturated carbocycles. The second-order valence-electron chi connectivity index (χ2n) is 3.81. The molecule has 0 saturated heterocycles. The first-order valence-electron chi connectivity index (χ1n) is 6.14. The van der Waals surface area contributed by atoms with E-state index in [-0.39, 0.29) is 5.97 Å². The zero-order valence-electron chi connectivity index (χ0n) is 11.1. The Labute approximate surface area is 119 Å². The first kappa shape index (κ1) is 15.4. The molecule has 0 aliphatic carbocycles. The van der Waals surface area contributed by atoms with Crippen LogP contribution in [0.25, 0.3) is 0 Å². The van der Waals surface area contributed by atoms with Gasteiger partial charge in [-0.1, -0.05) is 30.0 Å². The monoisotopic (exact) mass is 274 g/mol. The smallest absolute Gasteiger partial charge is 0.339 e. The average Bonchev–Trinajstić information content (AvgIpc) is 2.46. The van der Waals surface area contributed by atoms with Gasteiger partial charge in [0.2, 0.25) is 0 Å². The summed E-state index contributed by atoms with van der Waals surface area (Å²) in [6.07, 6.45) is 3.79. The fraction of sp³-hybridized carbons (Fsp3) is 0.312. The third kappa shape index (κ3) is 5.67. The maximum Gasteiger partial charge on any atom is 0.339 e. The van der Waals surface area contributed by atoms with Crippen LogP contribution in [-0.4, -0.2) is 24.6 Å². The van der Waals surface area contributed by atoms with E-state index in [2.05, 4.69) is 18.4 Å². The molecule has 3 heteroatoms. The minimum atomic E-state index is -0.341. The van der Waals surface area contributed by atoms with Crippen molar-refractivity contribution in [2.75, 3.05) is 18.6 Å². The van der Waals surface area contributed by atoms with Gasteiger partial charge in [-0.3, -0.25) is 0 Å². The van der Waals surface area contributed by atoms with Gasteiger partial charge in [0.05, 0.1) is 12.7 Å². The molecular formula is C16H18O2S. The van der Waals surface area contributed by atoms with Crippen LogP contribution >= 0.6 is 11.8 Å². The van der Waals surface area contributed by atoms with Gasteiger partial charge in [0, 0.05) is 17.7 Å². The third-order valence-electron chi connectivity index (χ3n) is 2.38. The molecule has 0 atom stereocenters. The van der Waals surface area contributed by atoms with Crippen molar-refractivity contribution in [2.24, 2.45) is 0 Å². The lowest BCUT2D eigenvalue weighted by molar-refractivity contribution is 0.0600. The van der Waals surface area contributed by atoms with E-state index in [9.17, 15) is 4.79 Å². The van der Waals surface area contributed by atoms with Crippen LogP contribution in [0.2, 0.25) is 0 Å². The van der Waals surface area contributed by atoms with Crippen molar-refractivity contribution >= 4 is 17.7 Å². The predicted molar refractivity (Wildman–Crippen MR) is 81.4 cm³/mol. The maximum absolute atomic E-state index is 11.5. The lowest BCUT2D eigenvalue weighted by Gasteiger charge is -2.01. The van der Waals surface area contributed by atoms with Crippen molar-refractivity contribution in [3.8, 4) is 11.8 Å². The van der Waals surface area contributed by atoms with Crippen LogP contribution in [0.15, 0.2) is 36.9 Å². The van der Waals surface area contributed by atoms with Gasteiger partial charge in [-0.2, -0.15) is 11.8 Å². The highest BCUT2D eigenvalue weighted by atomic mass is 32.2. The molecule has 1 aromatic carbocycles. The molecule has 0 unspecified atom stereocenters. The van der Waals surface area contributed by atoms with E-state index in [1.54, 1.807) is 6.07 Å². The molecule has 1 rings (SSSR count). The Bertz CT molecular complexity index is 483. The number of methoxy groups -OCH3 is 1. The molecule has 0 bridgehead atoms.